The average Bonchev–Trinajstić information content (AvgIpc) is 2.77. The third-order valence-corrected chi connectivity index (χ3v) is 2.87. The van der Waals surface area contributed by atoms with Crippen LogP contribution >= 0.6 is 11.3 Å². The lowest BCUT2D eigenvalue weighted by Gasteiger charge is -2.18. The number of rotatable bonds is 6. The van der Waals surface area contributed by atoms with Crippen molar-refractivity contribution in [2.75, 3.05) is 13.1 Å². The molecule has 1 heterocycles. The van der Waals surface area contributed by atoms with Gasteiger partial charge < -0.3 is 10.0 Å². The number of carboxylic acids is 1. The summed E-state index contributed by atoms with van der Waals surface area (Å²) in [4.78, 5) is 28.0. The molecule has 0 spiro atoms. The molecule has 1 aromatic heterocycles. The first-order valence-electron chi connectivity index (χ1n) is 5.19. The van der Waals surface area contributed by atoms with Gasteiger partial charge in [0, 0.05) is 18.5 Å². The number of aromatic carboxylic acids is 1. The van der Waals surface area contributed by atoms with E-state index < -0.39 is 5.97 Å². The number of carboxylic acid groups (broad SMARTS) is 1. The minimum Gasteiger partial charge on any atom is -0.476 e. The minimum atomic E-state index is -1.12. The molecule has 0 aliphatic carbocycles. The molecule has 0 saturated heterocycles. The highest BCUT2D eigenvalue weighted by Crippen LogP contribution is 2.13. The van der Waals surface area contributed by atoms with E-state index >= 15 is 0 Å². The average molecular weight is 254 g/mol. The van der Waals surface area contributed by atoms with Crippen molar-refractivity contribution in [3.8, 4) is 0 Å². The molecule has 0 fully saturated rings. The molecule has 0 bridgehead atoms. The fourth-order valence-electron chi connectivity index (χ4n) is 1.31. The van der Waals surface area contributed by atoms with Gasteiger partial charge in [0.15, 0.2) is 10.7 Å². The van der Waals surface area contributed by atoms with Crippen LogP contribution in [0.2, 0.25) is 0 Å². The van der Waals surface area contributed by atoms with Crippen LogP contribution in [0, 0.1) is 0 Å². The van der Waals surface area contributed by atoms with E-state index in [2.05, 4.69) is 11.6 Å². The molecule has 0 atom stereocenters. The van der Waals surface area contributed by atoms with Crippen LogP contribution < -0.4 is 0 Å². The van der Waals surface area contributed by atoms with E-state index in [9.17, 15) is 9.59 Å². The van der Waals surface area contributed by atoms with Gasteiger partial charge in [-0.15, -0.1) is 17.9 Å². The van der Waals surface area contributed by atoms with Crippen molar-refractivity contribution in [1.82, 2.24) is 9.88 Å². The molecule has 92 valence electrons. The zero-order valence-corrected chi connectivity index (χ0v) is 10.4. The number of hydrogen-bond donors (Lipinski definition) is 1. The second kappa shape index (κ2) is 6.15. The van der Waals surface area contributed by atoms with Crippen molar-refractivity contribution in [3.63, 3.8) is 0 Å². The summed E-state index contributed by atoms with van der Waals surface area (Å²) < 4.78 is 0. The smallest absolute Gasteiger partial charge is 0.355 e. The highest BCUT2D eigenvalue weighted by molar-refractivity contribution is 7.11. The lowest BCUT2D eigenvalue weighted by atomic mass is 10.4. The van der Waals surface area contributed by atoms with Crippen molar-refractivity contribution in [3.05, 3.63) is 28.7 Å². The van der Waals surface area contributed by atoms with Crippen LogP contribution in [-0.2, 0) is 0 Å². The van der Waals surface area contributed by atoms with E-state index in [1.54, 1.807) is 11.0 Å². The molecule has 5 nitrogen and oxygen atoms in total. The Morgan fingerprint density at radius 2 is 2.35 bits per heavy atom. The quantitative estimate of drug-likeness (QED) is 0.787. The molecule has 1 amide bonds. The Morgan fingerprint density at radius 1 is 1.65 bits per heavy atom. The number of thiazole rings is 1. The van der Waals surface area contributed by atoms with Crippen molar-refractivity contribution in [2.45, 2.75) is 13.3 Å². The molecule has 0 aromatic carbocycles. The van der Waals surface area contributed by atoms with Gasteiger partial charge in [-0.25, -0.2) is 9.78 Å². The number of aromatic nitrogens is 1. The number of amides is 1. The van der Waals surface area contributed by atoms with Crippen LogP contribution in [0.25, 0.3) is 0 Å². The zero-order chi connectivity index (χ0) is 12.8. The molecule has 1 N–H and O–H groups in total. The Morgan fingerprint density at radius 3 is 2.82 bits per heavy atom. The van der Waals surface area contributed by atoms with Crippen molar-refractivity contribution < 1.29 is 14.7 Å². The molecule has 0 aliphatic heterocycles. The van der Waals surface area contributed by atoms with Crippen LogP contribution in [0.4, 0.5) is 0 Å². The first-order chi connectivity index (χ1) is 8.10. The molecule has 0 saturated carbocycles. The summed E-state index contributed by atoms with van der Waals surface area (Å²) >= 11 is 1.05. The molecule has 0 aliphatic rings. The van der Waals surface area contributed by atoms with Gasteiger partial charge in [-0.2, -0.15) is 0 Å². The SMILES string of the molecule is C=CCN(CCC)C(=O)c1nc(C(=O)O)cs1. The molecule has 0 radical (unpaired) electrons. The van der Waals surface area contributed by atoms with E-state index in [0.29, 0.717) is 13.1 Å². The summed E-state index contributed by atoms with van der Waals surface area (Å²) in [5.41, 5.74) is -0.0894. The van der Waals surface area contributed by atoms with E-state index in [1.165, 1.54) is 5.38 Å². The first kappa shape index (κ1) is 13.4. The molecule has 6 heteroatoms. The van der Waals surface area contributed by atoms with Crippen LogP contribution in [-0.4, -0.2) is 40.0 Å². The van der Waals surface area contributed by atoms with Crippen molar-refractivity contribution >= 4 is 23.2 Å². The van der Waals surface area contributed by atoms with Crippen molar-refractivity contribution in [2.24, 2.45) is 0 Å². The minimum absolute atomic E-state index is 0.0894. The summed E-state index contributed by atoms with van der Waals surface area (Å²) in [7, 11) is 0. The lowest BCUT2D eigenvalue weighted by Crippen LogP contribution is -2.31. The zero-order valence-electron chi connectivity index (χ0n) is 9.55. The monoisotopic (exact) mass is 254 g/mol. The van der Waals surface area contributed by atoms with Crippen LogP contribution in [0.15, 0.2) is 18.0 Å². The van der Waals surface area contributed by atoms with E-state index in [-0.39, 0.29) is 16.6 Å². The van der Waals surface area contributed by atoms with E-state index in [4.69, 9.17) is 5.11 Å². The predicted molar refractivity (Wildman–Crippen MR) is 65.5 cm³/mol. The number of nitrogens with zero attached hydrogens (tertiary/aromatic N) is 2. The maximum atomic E-state index is 12.0. The topological polar surface area (TPSA) is 70.5 Å². The van der Waals surface area contributed by atoms with Gasteiger partial charge >= 0.3 is 5.97 Å². The summed E-state index contributed by atoms with van der Waals surface area (Å²) in [5.74, 6) is -1.37. The van der Waals surface area contributed by atoms with Crippen LogP contribution in [0.3, 0.4) is 0 Å². The molecular weight excluding hydrogens is 240 g/mol. The molecule has 1 rings (SSSR count). The number of carbonyl (C=O) groups is 2. The Labute approximate surface area is 103 Å². The summed E-state index contributed by atoms with van der Waals surface area (Å²) in [6, 6.07) is 0. The predicted octanol–water partition coefficient (Wildman–Crippen LogP) is 1.88. The highest BCUT2D eigenvalue weighted by Gasteiger charge is 2.19. The Hall–Kier alpha value is -1.69. The standard InChI is InChI=1S/C11H14N2O3S/c1-3-5-13(6-4-2)10(14)9-12-8(7-17-9)11(15)16/h3,7H,1,4-6H2,2H3,(H,15,16). The maximum Gasteiger partial charge on any atom is 0.355 e. The third-order valence-electron chi connectivity index (χ3n) is 2.04. The van der Waals surface area contributed by atoms with Gasteiger partial charge in [0.25, 0.3) is 5.91 Å². The molecule has 1 aromatic rings. The Balaban J connectivity index is 2.84. The normalized spacial score (nSPS) is 9.94. The second-order valence-corrected chi connectivity index (χ2v) is 4.24. The largest absolute Gasteiger partial charge is 0.476 e. The Kier molecular flexibility index (Phi) is 4.84. The first-order valence-corrected chi connectivity index (χ1v) is 6.07. The fraction of sp³-hybridized carbons (Fsp3) is 0.364. The molecule has 0 unspecified atom stereocenters. The van der Waals surface area contributed by atoms with Gasteiger partial charge in [-0.05, 0) is 6.42 Å². The second-order valence-electron chi connectivity index (χ2n) is 3.38. The van der Waals surface area contributed by atoms with Crippen LogP contribution in [0.5, 0.6) is 0 Å². The highest BCUT2D eigenvalue weighted by atomic mass is 32.1. The molecular formula is C11H14N2O3S. The number of hydrogen-bond acceptors (Lipinski definition) is 4. The van der Waals surface area contributed by atoms with Gasteiger partial charge in [-0.1, -0.05) is 13.0 Å². The van der Waals surface area contributed by atoms with Gasteiger partial charge in [-0.3, -0.25) is 4.79 Å². The molecule has 17 heavy (non-hydrogen) atoms. The maximum absolute atomic E-state index is 12.0. The van der Waals surface area contributed by atoms with Crippen LogP contribution in [0.1, 0.15) is 33.6 Å². The van der Waals surface area contributed by atoms with Gasteiger partial charge in [0.2, 0.25) is 0 Å². The van der Waals surface area contributed by atoms with Crippen molar-refractivity contribution in [1.29, 1.82) is 0 Å². The summed E-state index contributed by atoms with van der Waals surface area (Å²) in [6.07, 6.45) is 2.47. The summed E-state index contributed by atoms with van der Waals surface area (Å²) in [5, 5.41) is 10.3. The third kappa shape index (κ3) is 3.39. The van der Waals surface area contributed by atoms with Gasteiger partial charge in [0.1, 0.15) is 0 Å². The van der Waals surface area contributed by atoms with Gasteiger partial charge in [0.05, 0.1) is 0 Å². The Bertz CT molecular complexity index is 428. The summed E-state index contributed by atoms with van der Waals surface area (Å²) in [6.45, 7) is 6.60. The fourth-order valence-corrected chi connectivity index (χ4v) is 2.06. The lowest BCUT2D eigenvalue weighted by molar-refractivity contribution is 0.0691. The van der Waals surface area contributed by atoms with E-state index in [0.717, 1.165) is 17.8 Å². The number of carbonyl (C=O) groups excluding carboxylic acids is 1. The van der Waals surface area contributed by atoms with E-state index in [1.807, 2.05) is 6.92 Å².